The van der Waals surface area contributed by atoms with Crippen molar-refractivity contribution in [2.45, 2.75) is 32.7 Å². The lowest BCUT2D eigenvalue weighted by atomic mass is 10.1. The molecule has 4 aromatic rings. The first-order chi connectivity index (χ1) is 17.0. The molecule has 2 aromatic carbocycles. The van der Waals surface area contributed by atoms with E-state index in [0.717, 1.165) is 29.5 Å². The highest BCUT2D eigenvalue weighted by molar-refractivity contribution is 5.98. The van der Waals surface area contributed by atoms with Gasteiger partial charge in [0.15, 0.2) is 5.82 Å². The molecular weight excluding hydrogens is 448 g/mol. The average Bonchev–Trinajstić information content (AvgIpc) is 3.65. The molecule has 10 nitrogen and oxygen atoms in total. The summed E-state index contributed by atoms with van der Waals surface area (Å²) in [6, 6.07) is 8.99. The van der Waals surface area contributed by atoms with Gasteiger partial charge in [0.25, 0.3) is 11.8 Å². The first-order valence-electron chi connectivity index (χ1n) is 11.3. The van der Waals surface area contributed by atoms with Crippen LogP contribution < -0.4 is 9.47 Å². The molecule has 1 aliphatic heterocycles. The summed E-state index contributed by atoms with van der Waals surface area (Å²) in [7, 11) is 3.20. The second-order valence-electron chi connectivity index (χ2n) is 8.45. The Bertz CT molecular complexity index is 1360. The summed E-state index contributed by atoms with van der Waals surface area (Å²) < 4.78 is 16.4. The maximum absolute atomic E-state index is 13.8. The van der Waals surface area contributed by atoms with E-state index in [0.29, 0.717) is 41.0 Å². The van der Waals surface area contributed by atoms with Gasteiger partial charge >= 0.3 is 0 Å². The van der Waals surface area contributed by atoms with Crippen LogP contribution in [0.15, 0.2) is 47.2 Å². The second kappa shape index (κ2) is 9.21. The third-order valence-corrected chi connectivity index (χ3v) is 6.31. The number of hydrogen-bond donors (Lipinski definition) is 0. The molecule has 0 spiro atoms. The maximum atomic E-state index is 13.8. The number of aromatic nitrogens is 5. The predicted octanol–water partition coefficient (Wildman–Crippen LogP) is 3.93. The van der Waals surface area contributed by atoms with Crippen molar-refractivity contribution in [3.63, 3.8) is 0 Å². The van der Waals surface area contributed by atoms with Crippen LogP contribution in [0, 0.1) is 13.8 Å². The van der Waals surface area contributed by atoms with Gasteiger partial charge in [-0.2, -0.15) is 20.0 Å². The number of methoxy groups -OCH3 is 2. The Morgan fingerprint density at radius 2 is 1.86 bits per heavy atom. The van der Waals surface area contributed by atoms with Crippen molar-refractivity contribution >= 4 is 5.91 Å². The Morgan fingerprint density at radius 1 is 1.06 bits per heavy atom. The zero-order valence-corrected chi connectivity index (χ0v) is 20.1. The SMILES string of the molecule is COc1ccc(C)c(-c2nc([C@@H]3CCCN3C(=O)c3cc(OC)c(C)cc3-n3nccn3)no2)c1. The first kappa shape index (κ1) is 22.6. The van der Waals surface area contributed by atoms with Crippen molar-refractivity contribution in [3.05, 3.63) is 65.2 Å². The van der Waals surface area contributed by atoms with Gasteiger partial charge < -0.3 is 18.9 Å². The van der Waals surface area contributed by atoms with Crippen LogP contribution in [0.5, 0.6) is 11.5 Å². The lowest BCUT2D eigenvalue weighted by molar-refractivity contribution is 0.0727. The predicted molar refractivity (Wildman–Crippen MR) is 127 cm³/mol. The Kier molecular flexibility index (Phi) is 5.94. The van der Waals surface area contributed by atoms with Crippen LogP contribution in [0.1, 0.15) is 46.2 Å². The molecule has 3 heterocycles. The van der Waals surface area contributed by atoms with E-state index in [1.165, 1.54) is 4.80 Å². The van der Waals surface area contributed by atoms with Gasteiger partial charge in [-0.1, -0.05) is 11.2 Å². The van der Waals surface area contributed by atoms with E-state index < -0.39 is 0 Å². The van der Waals surface area contributed by atoms with Gasteiger partial charge in [0.05, 0.1) is 43.9 Å². The average molecular weight is 475 g/mol. The summed E-state index contributed by atoms with van der Waals surface area (Å²) in [4.78, 5) is 21.7. The molecule has 180 valence electrons. The van der Waals surface area contributed by atoms with Gasteiger partial charge in [-0.3, -0.25) is 4.79 Å². The fourth-order valence-electron chi connectivity index (χ4n) is 4.44. The van der Waals surface area contributed by atoms with E-state index in [-0.39, 0.29) is 11.9 Å². The number of carbonyl (C=O) groups excluding carboxylic acids is 1. The lowest BCUT2D eigenvalue weighted by Gasteiger charge is -2.24. The molecular formula is C25H26N6O4. The lowest BCUT2D eigenvalue weighted by Crippen LogP contribution is -2.32. The largest absolute Gasteiger partial charge is 0.497 e. The molecule has 10 heteroatoms. The van der Waals surface area contributed by atoms with E-state index in [1.54, 1.807) is 37.6 Å². The van der Waals surface area contributed by atoms with Gasteiger partial charge in [0, 0.05) is 12.1 Å². The molecule has 1 amide bonds. The Morgan fingerprint density at radius 3 is 2.60 bits per heavy atom. The molecule has 0 radical (unpaired) electrons. The summed E-state index contributed by atoms with van der Waals surface area (Å²) in [5.41, 5.74) is 3.70. The number of carbonyl (C=O) groups is 1. The van der Waals surface area contributed by atoms with Gasteiger partial charge in [0.1, 0.15) is 11.5 Å². The molecule has 0 bridgehead atoms. The van der Waals surface area contributed by atoms with Crippen LogP contribution in [0.25, 0.3) is 17.1 Å². The Hall–Kier alpha value is -4.21. The number of likely N-dealkylation sites (tertiary alicyclic amines) is 1. The molecule has 1 fully saturated rings. The van der Waals surface area contributed by atoms with E-state index in [4.69, 9.17) is 14.0 Å². The third kappa shape index (κ3) is 4.11. The number of rotatable bonds is 6. The third-order valence-electron chi connectivity index (χ3n) is 6.31. The molecule has 35 heavy (non-hydrogen) atoms. The fraction of sp³-hybridized carbons (Fsp3) is 0.320. The summed E-state index contributed by atoms with van der Waals surface area (Å²) in [5.74, 6) is 2.04. The van der Waals surface area contributed by atoms with Gasteiger partial charge in [-0.05, 0) is 62.1 Å². The summed E-state index contributed by atoms with van der Waals surface area (Å²) >= 11 is 0. The zero-order chi connectivity index (χ0) is 24.5. The van der Waals surface area contributed by atoms with Crippen LogP contribution >= 0.6 is 0 Å². The zero-order valence-electron chi connectivity index (χ0n) is 20.1. The Labute approximate surface area is 202 Å². The van der Waals surface area contributed by atoms with Gasteiger partial charge in [0.2, 0.25) is 0 Å². The number of hydrogen-bond acceptors (Lipinski definition) is 8. The number of benzene rings is 2. The first-order valence-corrected chi connectivity index (χ1v) is 11.3. The quantitative estimate of drug-likeness (QED) is 0.414. The van der Waals surface area contributed by atoms with Crippen LogP contribution in [0.4, 0.5) is 0 Å². The van der Waals surface area contributed by atoms with E-state index in [9.17, 15) is 4.79 Å². The van der Waals surface area contributed by atoms with Crippen molar-refractivity contribution in [3.8, 4) is 28.6 Å². The minimum atomic E-state index is -0.309. The van der Waals surface area contributed by atoms with E-state index in [1.807, 2.05) is 38.1 Å². The van der Waals surface area contributed by atoms with Crippen LogP contribution in [-0.2, 0) is 0 Å². The van der Waals surface area contributed by atoms with Crippen molar-refractivity contribution in [1.29, 1.82) is 0 Å². The van der Waals surface area contributed by atoms with Crippen LogP contribution in [0.2, 0.25) is 0 Å². The highest BCUT2D eigenvalue weighted by Crippen LogP contribution is 2.35. The fourth-order valence-corrected chi connectivity index (χ4v) is 4.44. The molecule has 1 atom stereocenters. The molecule has 0 saturated carbocycles. The molecule has 0 unspecified atom stereocenters. The second-order valence-corrected chi connectivity index (χ2v) is 8.45. The molecule has 2 aromatic heterocycles. The van der Waals surface area contributed by atoms with E-state index >= 15 is 0 Å². The summed E-state index contributed by atoms with van der Waals surface area (Å²) in [6.07, 6.45) is 4.72. The molecule has 1 saturated heterocycles. The highest BCUT2D eigenvalue weighted by Gasteiger charge is 2.35. The minimum absolute atomic E-state index is 0.165. The summed E-state index contributed by atoms with van der Waals surface area (Å²) in [6.45, 7) is 4.47. The number of ether oxygens (including phenoxy) is 2. The molecule has 0 N–H and O–H groups in total. The molecule has 1 aliphatic rings. The van der Waals surface area contributed by atoms with Crippen molar-refractivity contribution in [2.24, 2.45) is 0 Å². The van der Waals surface area contributed by atoms with Crippen LogP contribution in [-0.4, -0.2) is 56.7 Å². The number of amides is 1. The monoisotopic (exact) mass is 474 g/mol. The highest BCUT2D eigenvalue weighted by atomic mass is 16.5. The number of nitrogens with zero attached hydrogens (tertiary/aromatic N) is 6. The molecule has 0 aliphatic carbocycles. The standard InChI is InChI=1S/C25H26N6O4/c1-15-7-8-17(33-3)13-18(15)24-28-23(29-35-24)20-6-5-11-30(20)25(32)19-14-22(34-4)16(2)12-21(19)31-26-9-10-27-31/h7-10,12-14,20H,5-6,11H2,1-4H3/t20-/m0/s1. The van der Waals surface area contributed by atoms with Gasteiger partial charge in [-0.15, -0.1) is 0 Å². The normalized spacial score (nSPS) is 15.4. The minimum Gasteiger partial charge on any atom is -0.497 e. The van der Waals surface area contributed by atoms with Crippen molar-refractivity contribution in [1.82, 2.24) is 30.0 Å². The van der Waals surface area contributed by atoms with Crippen molar-refractivity contribution in [2.75, 3.05) is 20.8 Å². The topological polar surface area (TPSA) is 108 Å². The summed E-state index contributed by atoms with van der Waals surface area (Å²) in [5, 5.41) is 12.7. The van der Waals surface area contributed by atoms with Crippen LogP contribution in [0.3, 0.4) is 0 Å². The van der Waals surface area contributed by atoms with Gasteiger partial charge in [-0.25, -0.2) is 0 Å². The number of aryl methyl sites for hydroxylation is 2. The smallest absolute Gasteiger partial charge is 0.258 e. The van der Waals surface area contributed by atoms with E-state index in [2.05, 4.69) is 20.3 Å². The Balaban J connectivity index is 1.49. The maximum Gasteiger partial charge on any atom is 0.258 e. The van der Waals surface area contributed by atoms with Crippen molar-refractivity contribution < 1.29 is 18.8 Å². The molecule has 5 rings (SSSR count).